The van der Waals surface area contributed by atoms with E-state index in [-0.39, 0.29) is 5.56 Å². The molecule has 3 heteroatoms. The molecule has 21 heavy (non-hydrogen) atoms. The van der Waals surface area contributed by atoms with Crippen molar-refractivity contribution in [1.29, 1.82) is 0 Å². The molecule has 0 aliphatic heterocycles. The van der Waals surface area contributed by atoms with Gasteiger partial charge in [0.05, 0.1) is 0 Å². The highest BCUT2D eigenvalue weighted by molar-refractivity contribution is 5.38. The molecular weight excluding hydrogens is 260 g/mol. The quantitative estimate of drug-likeness (QED) is 0.736. The Morgan fingerprint density at radius 2 is 1.86 bits per heavy atom. The number of pyridine rings is 1. The molecule has 0 N–H and O–H groups in total. The molecule has 0 saturated heterocycles. The van der Waals surface area contributed by atoms with Crippen LogP contribution in [0.4, 0.5) is 0 Å². The molecule has 0 fully saturated rings. The molecule has 0 unspecified atom stereocenters. The van der Waals surface area contributed by atoms with Crippen LogP contribution in [0.15, 0.2) is 59.7 Å². The molecule has 2 heterocycles. The second kappa shape index (κ2) is 5.52. The van der Waals surface area contributed by atoms with Gasteiger partial charge in [-0.1, -0.05) is 44.2 Å². The van der Waals surface area contributed by atoms with Crippen molar-refractivity contribution < 1.29 is 0 Å². The van der Waals surface area contributed by atoms with Gasteiger partial charge in [0.2, 0.25) is 0 Å². The first-order valence-electron chi connectivity index (χ1n) is 7.19. The zero-order valence-electron chi connectivity index (χ0n) is 12.3. The molecule has 0 aliphatic rings. The maximum absolute atomic E-state index is 12.1. The smallest absolute Gasteiger partial charge is 0.276 e. The minimum atomic E-state index is -0.144. The van der Waals surface area contributed by atoms with Crippen molar-refractivity contribution in [2.45, 2.75) is 26.2 Å². The lowest BCUT2D eigenvalue weighted by Gasteiger charge is -2.07. The summed E-state index contributed by atoms with van der Waals surface area (Å²) >= 11 is 0. The molecule has 3 rings (SSSR count). The van der Waals surface area contributed by atoms with E-state index in [9.17, 15) is 4.79 Å². The van der Waals surface area contributed by atoms with E-state index in [0.29, 0.717) is 18.0 Å². The second-order valence-electron chi connectivity index (χ2n) is 5.61. The summed E-state index contributed by atoms with van der Waals surface area (Å²) in [5, 5.41) is 0. The second-order valence-corrected chi connectivity index (χ2v) is 5.61. The van der Waals surface area contributed by atoms with Crippen LogP contribution in [0.3, 0.4) is 0 Å². The summed E-state index contributed by atoms with van der Waals surface area (Å²) < 4.78 is 1.89. The third-order valence-electron chi connectivity index (χ3n) is 3.69. The SMILES string of the molecule is CC(C)c1ccc(Cc2cn3ccccc3nc2=O)cc1. The lowest BCUT2D eigenvalue weighted by atomic mass is 10.00. The Hall–Kier alpha value is -2.42. The average Bonchev–Trinajstić information content (AvgIpc) is 2.48. The van der Waals surface area contributed by atoms with Gasteiger partial charge in [-0.15, -0.1) is 0 Å². The van der Waals surface area contributed by atoms with E-state index in [2.05, 4.69) is 43.1 Å². The number of hydrogen-bond donors (Lipinski definition) is 0. The van der Waals surface area contributed by atoms with Crippen LogP contribution in [-0.4, -0.2) is 9.38 Å². The Labute approximate surface area is 123 Å². The first-order valence-corrected chi connectivity index (χ1v) is 7.19. The summed E-state index contributed by atoms with van der Waals surface area (Å²) in [7, 11) is 0. The van der Waals surface area contributed by atoms with Crippen LogP contribution in [0.25, 0.3) is 5.65 Å². The fraction of sp³-hybridized carbons (Fsp3) is 0.222. The highest BCUT2D eigenvalue weighted by Gasteiger charge is 2.05. The number of aromatic nitrogens is 2. The van der Waals surface area contributed by atoms with Gasteiger partial charge in [-0.3, -0.25) is 4.79 Å². The van der Waals surface area contributed by atoms with Gasteiger partial charge >= 0.3 is 0 Å². The maximum atomic E-state index is 12.1. The highest BCUT2D eigenvalue weighted by atomic mass is 16.1. The Bertz CT molecular complexity index is 816. The zero-order chi connectivity index (χ0) is 14.8. The summed E-state index contributed by atoms with van der Waals surface area (Å²) in [5.41, 5.74) is 3.70. The minimum absolute atomic E-state index is 0.144. The lowest BCUT2D eigenvalue weighted by molar-refractivity contribution is 0.865. The van der Waals surface area contributed by atoms with Gasteiger partial charge in [0, 0.05) is 24.4 Å². The summed E-state index contributed by atoms with van der Waals surface area (Å²) in [6, 6.07) is 14.1. The third kappa shape index (κ3) is 2.87. The Morgan fingerprint density at radius 1 is 1.10 bits per heavy atom. The van der Waals surface area contributed by atoms with E-state index < -0.39 is 0 Å². The predicted octanol–water partition coefficient (Wildman–Crippen LogP) is 3.41. The molecule has 0 atom stereocenters. The molecular formula is C18H18N2O. The molecule has 3 aromatic rings. The van der Waals surface area contributed by atoms with Crippen LogP contribution in [0.2, 0.25) is 0 Å². The molecule has 3 nitrogen and oxygen atoms in total. The van der Waals surface area contributed by atoms with Crippen molar-refractivity contribution >= 4 is 5.65 Å². The number of nitrogens with zero attached hydrogens (tertiary/aromatic N) is 2. The summed E-state index contributed by atoms with van der Waals surface area (Å²) in [6.45, 7) is 4.35. The molecule has 0 radical (unpaired) electrons. The number of benzene rings is 1. The van der Waals surface area contributed by atoms with Crippen LogP contribution in [0, 0.1) is 0 Å². The monoisotopic (exact) mass is 278 g/mol. The lowest BCUT2D eigenvalue weighted by Crippen LogP contribution is -2.15. The minimum Gasteiger partial charge on any atom is -0.308 e. The van der Waals surface area contributed by atoms with Gasteiger partial charge < -0.3 is 4.40 Å². The molecule has 0 spiro atoms. The molecule has 106 valence electrons. The van der Waals surface area contributed by atoms with Crippen LogP contribution in [0.1, 0.15) is 36.5 Å². The van der Waals surface area contributed by atoms with Crippen LogP contribution >= 0.6 is 0 Å². The van der Waals surface area contributed by atoms with E-state index >= 15 is 0 Å². The van der Waals surface area contributed by atoms with Crippen molar-refractivity contribution in [2.24, 2.45) is 0 Å². The fourth-order valence-corrected chi connectivity index (χ4v) is 2.41. The topological polar surface area (TPSA) is 34.4 Å². The molecule has 0 bridgehead atoms. The Kier molecular flexibility index (Phi) is 3.57. The van der Waals surface area contributed by atoms with Crippen LogP contribution < -0.4 is 5.56 Å². The Balaban J connectivity index is 1.94. The van der Waals surface area contributed by atoms with Crippen molar-refractivity contribution in [3.63, 3.8) is 0 Å². The van der Waals surface area contributed by atoms with Crippen LogP contribution in [-0.2, 0) is 6.42 Å². The molecule has 0 saturated carbocycles. The van der Waals surface area contributed by atoms with Crippen molar-refractivity contribution in [3.8, 4) is 0 Å². The van der Waals surface area contributed by atoms with Gasteiger partial charge in [0.15, 0.2) is 0 Å². The highest BCUT2D eigenvalue weighted by Crippen LogP contribution is 2.16. The van der Waals surface area contributed by atoms with Gasteiger partial charge in [-0.25, -0.2) is 0 Å². The van der Waals surface area contributed by atoms with E-state index in [4.69, 9.17) is 0 Å². The van der Waals surface area contributed by atoms with E-state index in [0.717, 1.165) is 11.1 Å². The number of fused-ring (bicyclic) bond motifs is 1. The van der Waals surface area contributed by atoms with E-state index in [1.807, 2.05) is 35.0 Å². The van der Waals surface area contributed by atoms with E-state index in [1.54, 1.807) is 0 Å². The molecule has 0 amide bonds. The first kappa shape index (κ1) is 13.6. The van der Waals surface area contributed by atoms with Gasteiger partial charge in [-0.2, -0.15) is 4.98 Å². The predicted molar refractivity (Wildman–Crippen MR) is 84.8 cm³/mol. The average molecular weight is 278 g/mol. The normalized spacial score (nSPS) is 11.2. The molecule has 0 aliphatic carbocycles. The van der Waals surface area contributed by atoms with Gasteiger partial charge in [-0.05, 0) is 29.2 Å². The van der Waals surface area contributed by atoms with E-state index in [1.165, 1.54) is 5.56 Å². The van der Waals surface area contributed by atoms with Gasteiger partial charge in [0.1, 0.15) is 5.65 Å². The maximum Gasteiger partial charge on any atom is 0.276 e. The van der Waals surface area contributed by atoms with Crippen LogP contribution in [0.5, 0.6) is 0 Å². The number of hydrogen-bond acceptors (Lipinski definition) is 2. The first-order chi connectivity index (χ1) is 10.1. The Morgan fingerprint density at radius 3 is 2.57 bits per heavy atom. The van der Waals surface area contributed by atoms with Gasteiger partial charge in [0.25, 0.3) is 5.56 Å². The summed E-state index contributed by atoms with van der Waals surface area (Å²) in [4.78, 5) is 16.2. The summed E-state index contributed by atoms with van der Waals surface area (Å²) in [5.74, 6) is 0.520. The van der Waals surface area contributed by atoms with Crippen molar-refractivity contribution in [3.05, 3.63) is 81.9 Å². The third-order valence-corrected chi connectivity index (χ3v) is 3.69. The fourth-order valence-electron chi connectivity index (χ4n) is 2.41. The van der Waals surface area contributed by atoms with Crippen molar-refractivity contribution in [1.82, 2.24) is 9.38 Å². The summed E-state index contributed by atoms with van der Waals surface area (Å²) in [6.07, 6.45) is 4.40. The largest absolute Gasteiger partial charge is 0.308 e. The molecule has 2 aromatic heterocycles. The number of rotatable bonds is 3. The van der Waals surface area contributed by atoms with Crippen molar-refractivity contribution in [2.75, 3.05) is 0 Å². The zero-order valence-corrected chi connectivity index (χ0v) is 12.3. The molecule has 1 aromatic carbocycles. The standard InChI is InChI=1S/C18H18N2O/c1-13(2)15-8-6-14(7-9-15)11-16-12-20-10-4-3-5-17(20)19-18(16)21/h3-10,12-13H,11H2,1-2H3.